The molecule has 5 heteroatoms. The maximum Gasteiger partial charge on any atom is 0.333 e. The molecule has 0 bridgehead atoms. The SMILES string of the molecule is C=C(C)C(=O)OCc1cc(-c2cc3c(cc2F)CC(C2CCC(C)CC2)CC3)ccc1OCCO. The van der Waals surface area contributed by atoms with E-state index in [9.17, 15) is 4.79 Å². The van der Waals surface area contributed by atoms with E-state index in [4.69, 9.17) is 14.6 Å². The third-order valence-electron chi connectivity index (χ3n) is 7.71. The molecule has 4 rings (SSSR count). The van der Waals surface area contributed by atoms with Gasteiger partial charge in [0.15, 0.2) is 0 Å². The van der Waals surface area contributed by atoms with Crippen molar-refractivity contribution >= 4 is 5.97 Å². The molecular formula is C30H37FO4. The smallest absolute Gasteiger partial charge is 0.333 e. The highest BCUT2D eigenvalue weighted by atomic mass is 19.1. The third-order valence-corrected chi connectivity index (χ3v) is 7.71. The van der Waals surface area contributed by atoms with Crippen molar-refractivity contribution in [1.29, 1.82) is 0 Å². The highest BCUT2D eigenvalue weighted by Gasteiger charge is 2.30. The van der Waals surface area contributed by atoms with Crippen LogP contribution in [0.2, 0.25) is 0 Å². The Balaban J connectivity index is 1.56. The van der Waals surface area contributed by atoms with Crippen molar-refractivity contribution in [3.8, 4) is 16.9 Å². The second kappa shape index (κ2) is 11.4. The fourth-order valence-corrected chi connectivity index (χ4v) is 5.61. The number of carbonyl (C=O) groups excluding carboxylic acids is 1. The predicted octanol–water partition coefficient (Wildman–Crippen LogP) is 6.41. The zero-order valence-corrected chi connectivity index (χ0v) is 20.9. The molecule has 1 unspecified atom stereocenters. The van der Waals surface area contributed by atoms with Gasteiger partial charge in [-0.25, -0.2) is 9.18 Å². The van der Waals surface area contributed by atoms with Gasteiger partial charge in [-0.05, 0) is 97.7 Å². The molecule has 2 aliphatic rings. The monoisotopic (exact) mass is 480 g/mol. The molecule has 188 valence electrons. The minimum absolute atomic E-state index is 0.0193. The largest absolute Gasteiger partial charge is 0.491 e. The first-order chi connectivity index (χ1) is 16.9. The summed E-state index contributed by atoms with van der Waals surface area (Å²) in [4.78, 5) is 11.9. The van der Waals surface area contributed by atoms with E-state index < -0.39 is 5.97 Å². The van der Waals surface area contributed by atoms with Gasteiger partial charge in [0.1, 0.15) is 24.8 Å². The Morgan fingerprint density at radius 3 is 2.57 bits per heavy atom. The number of benzene rings is 2. The highest BCUT2D eigenvalue weighted by Crippen LogP contribution is 2.41. The van der Waals surface area contributed by atoms with E-state index in [2.05, 4.69) is 13.5 Å². The summed E-state index contributed by atoms with van der Waals surface area (Å²) >= 11 is 0. The first-order valence-corrected chi connectivity index (χ1v) is 12.9. The van der Waals surface area contributed by atoms with Crippen LogP contribution < -0.4 is 4.74 Å². The van der Waals surface area contributed by atoms with Crippen molar-refractivity contribution in [2.75, 3.05) is 13.2 Å². The summed E-state index contributed by atoms with van der Waals surface area (Å²) in [6.07, 6.45) is 8.40. The molecule has 4 nitrogen and oxygen atoms in total. The summed E-state index contributed by atoms with van der Waals surface area (Å²) in [6, 6.07) is 9.10. The summed E-state index contributed by atoms with van der Waals surface area (Å²) < 4.78 is 26.3. The lowest BCUT2D eigenvalue weighted by Crippen LogP contribution is -2.26. The molecule has 1 fully saturated rings. The number of carbonyl (C=O) groups is 1. The summed E-state index contributed by atoms with van der Waals surface area (Å²) in [5.74, 6) is 2.06. The van der Waals surface area contributed by atoms with Gasteiger partial charge in [0, 0.05) is 16.7 Å². The summed E-state index contributed by atoms with van der Waals surface area (Å²) in [5, 5.41) is 9.13. The van der Waals surface area contributed by atoms with E-state index in [1.165, 1.54) is 37.7 Å². The number of aliphatic hydroxyl groups excluding tert-OH is 1. The van der Waals surface area contributed by atoms with Gasteiger partial charge in [-0.2, -0.15) is 0 Å². The van der Waals surface area contributed by atoms with Crippen LogP contribution in [0.15, 0.2) is 42.5 Å². The third kappa shape index (κ3) is 6.13. The van der Waals surface area contributed by atoms with Gasteiger partial charge in [0.25, 0.3) is 0 Å². The van der Waals surface area contributed by atoms with Crippen molar-refractivity contribution in [2.45, 2.75) is 65.4 Å². The Kier molecular flexibility index (Phi) is 8.27. The van der Waals surface area contributed by atoms with Crippen LogP contribution in [0.4, 0.5) is 4.39 Å². The van der Waals surface area contributed by atoms with Crippen molar-refractivity contribution in [1.82, 2.24) is 0 Å². The van der Waals surface area contributed by atoms with Crippen LogP contribution in [0, 0.1) is 23.6 Å². The van der Waals surface area contributed by atoms with Crippen LogP contribution in [0.1, 0.15) is 62.6 Å². The summed E-state index contributed by atoms with van der Waals surface area (Å²) in [7, 11) is 0. The fourth-order valence-electron chi connectivity index (χ4n) is 5.61. The molecule has 2 aliphatic carbocycles. The molecule has 0 heterocycles. The van der Waals surface area contributed by atoms with Crippen molar-refractivity contribution in [3.63, 3.8) is 0 Å². The van der Waals surface area contributed by atoms with Gasteiger partial charge in [-0.3, -0.25) is 0 Å². The quantitative estimate of drug-likeness (QED) is 0.350. The molecular weight excluding hydrogens is 443 g/mol. The summed E-state index contributed by atoms with van der Waals surface area (Å²) in [5.41, 5.74) is 4.58. The molecule has 0 radical (unpaired) electrons. The van der Waals surface area contributed by atoms with E-state index in [0.717, 1.165) is 30.2 Å². The maximum absolute atomic E-state index is 15.4. The number of ether oxygens (including phenoxy) is 2. The van der Waals surface area contributed by atoms with Gasteiger partial charge in [-0.1, -0.05) is 32.4 Å². The topological polar surface area (TPSA) is 55.8 Å². The lowest BCUT2D eigenvalue weighted by Gasteiger charge is -2.36. The second-order valence-electron chi connectivity index (χ2n) is 10.4. The Morgan fingerprint density at radius 1 is 1.09 bits per heavy atom. The molecule has 2 aromatic rings. The van der Waals surface area contributed by atoms with E-state index in [1.54, 1.807) is 25.1 Å². The van der Waals surface area contributed by atoms with Gasteiger partial charge in [0.2, 0.25) is 0 Å². The van der Waals surface area contributed by atoms with Crippen LogP contribution in [-0.2, 0) is 29.0 Å². The number of esters is 1. The minimum atomic E-state index is -0.495. The Bertz CT molecular complexity index is 1070. The Hall–Kier alpha value is -2.66. The molecule has 0 amide bonds. The molecule has 1 atom stereocenters. The number of halogens is 1. The molecule has 1 N–H and O–H groups in total. The fraction of sp³-hybridized carbons (Fsp3) is 0.500. The number of hydrogen-bond donors (Lipinski definition) is 1. The minimum Gasteiger partial charge on any atom is -0.491 e. The number of rotatable bonds is 8. The van der Waals surface area contributed by atoms with Gasteiger partial charge in [-0.15, -0.1) is 0 Å². The Morgan fingerprint density at radius 2 is 1.86 bits per heavy atom. The molecule has 0 saturated heterocycles. The molecule has 0 aromatic heterocycles. The zero-order valence-electron chi connectivity index (χ0n) is 20.9. The van der Waals surface area contributed by atoms with Crippen LogP contribution in [0.25, 0.3) is 11.1 Å². The molecule has 0 aliphatic heterocycles. The molecule has 0 spiro atoms. The first-order valence-electron chi connectivity index (χ1n) is 12.9. The van der Waals surface area contributed by atoms with E-state index in [-0.39, 0.29) is 25.6 Å². The molecule has 1 saturated carbocycles. The first kappa shape index (κ1) is 25.4. The standard InChI is InChI=1S/C30H37FO4/c1-19(2)30(33)35-18-26-15-24(10-11-29(26)34-13-12-32)27-16-23-9-8-22(14-25(23)17-28(27)31)21-6-4-20(3)5-7-21/h10-11,15-17,20-22,32H,1,4-9,12-14,18H2,2-3H3. The van der Waals surface area contributed by atoms with Crippen molar-refractivity contribution < 1.29 is 23.8 Å². The average molecular weight is 481 g/mol. The van der Waals surface area contributed by atoms with E-state index in [0.29, 0.717) is 33.9 Å². The van der Waals surface area contributed by atoms with Gasteiger partial charge in [0.05, 0.1) is 6.61 Å². The number of fused-ring (bicyclic) bond motifs is 1. The van der Waals surface area contributed by atoms with Gasteiger partial charge < -0.3 is 14.6 Å². The number of aliphatic hydroxyl groups is 1. The van der Waals surface area contributed by atoms with Crippen molar-refractivity contribution in [2.24, 2.45) is 17.8 Å². The normalized spacial score (nSPS) is 21.8. The maximum atomic E-state index is 15.4. The van der Waals surface area contributed by atoms with Crippen LogP contribution in [0.3, 0.4) is 0 Å². The molecule has 35 heavy (non-hydrogen) atoms. The van der Waals surface area contributed by atoms with E-state index >= 15 is 4.39 Å². The second-order valence-corrected chi connectivity index (χ2v) is 10.4. The van der Waals surface area contributed by atoms with Crippen LogP contribution in [0.5, 0.6) is 5.75 Å². The molecule has 2 aromatic carbocycles. The summed E-state index contributed by atoms with van der Waals surface area (Å²) in [6.45, 7) is 7.51. The van der Waals surface area contributed by atoms with Crippen LogP contribution in [-0.4, -0.2) is 24.3 Å². The Labute approximate surface area is 208 Å². The number of aryl methyl sites for hydroxylation is 1. The highest BCUT2D eigenvalue weighted by molar-refractivity contribution is 5.87. The van der Waals surface area contributed by atoms with Crippen LogP contribution >= 0.6 is 0 Å². The van der Waals surface area contributed by atoms with Crippen molar-refractivity contribution in [3.05, 3.63) is 65.0 Å². The zero-order chi connectivity index (χ0) is 24.9. The lowest BCUT2D eigenvalue weighted by atomic mass is 9.70. The number of hydrogen-bond acceptors (Lipinski definition) is 4. The predicted molar refractivity (Wildman–Crippen MR) is 136 cm³/mol. The van der Waals surface area contributed by atoms with Gasteiger partial charge >= 0.3 is 5.97 Å². The van der Waals surface area contributed by atoms with E-state index in [1.807, 2.05) is 12.1 Å². The lowest BCUT2D eigenvalue weighted by molar-refractivity contribution is -0.140. The average Bonchev–Trinajstić information content (AvgIpc) is 2.86.